The van der Waals surface area contributed by atoms with Crippen LogP contribution in [0.3, 0.4) is 0 Å². The van der Waals surface area contributed by atoms with Gasteiger partial charge in [0.05, 0.1) is 6.61 Å². The summed E-state index contributed by atoms with van der Waals surface area (Å²) in [5.74, 6) is 0.944. The number of rotatable bonds is 9. The fraction of sp³-hybridized carbons (Fsp3) is 0.571. The second kappa shape index (κ2) is 9.02. The van der Waals surface area contributed by atoms with Crippen molar-refractivity contribution < 1.29 is 9.47 Å². The van der Waals surface area contributed by atoms with Crippen LogP contribution in [-0.4, -0.2) is 26.4 Å². The standard InChI is InChI=1S/C14H23NO2/c1-13-7-3-4-8-14(13)17-12-11-16-10-6-2-5-9-15/h3-4,7-8H,2,5-6,9-12,15H2,1H3. The molecule has 2 N–H and O–H groups in total. The molecule has 0 atom stereocenters. The summed E-state index contributed by atoms with van der Waals surface area (Å²) >= 11 is 0. The summed E-state index contributed by atoms with van der Waals surface area (Å²) in [5, 5.41) is 0. The predicted octanol–water partition coefficient (Wildman–Crippen LogP) is 2.52. The third kappa shape index (κ3) is 6.29. The molecule has 0 aliphatic rings. The molecule has 1 aromatic carbocycles. The zero-order chi connectivity index (χ0) is 12.3. The van der Waals surface area contributed by atoms with Crippen molar-refractivity contribution in [1.29, 1.82) is 0 Å². The van der Waals surface area contributed by atoms with E-state index in [0.717, 1.165) is 43.7 Å². The van der Waals surface area contributed by atoms with Gasteiger partial charge < -0.3 is 15.2 Å². The lowest BCUT2D eigenvalue weighted by Gasteiger charge is -2.09. The molecule has 0 radical (unpaired) electrons. The van der Waals surface area contributed by atoms with Crippen molar-refractivity contribution in [1.82, 2.24) is 0 Å². The minimum atomic E-state index is 0.613. The maximum absolute atomic E-state index is 5.62. The predicted molar refractivity (Wildman–Crippen MR) is 70.4 cm³/mol. The second-order valence-electron chi connectivity index (χ2n) is 4.08. The Morgan fingerprint density at radius 2 is 1.82 bits per heavy atom. The third-order valence-corrected chi connectivity index (χ3v) is 2.57. The maximum Gasteiger partial charge on any atom is 0.122 e. The summed E-state index contributed by atoms with van der Waals surface area (Å²) in [6.07, 6.45) is 3.32. The molecular weight excluding hydrogens is 214 g/mol. The Balaban J connectivity index is 1.99. The first-order valence-electron chi connectivity index (χ1n) is 6.31. The third-order valence-electron chi connectivity index (χ3n) is 2.57. The Morgan fingerprint density at radius 3 is 2.59 bits per heavy atom. The zero-order valence-corrected chi connectivity index (χ0v) is 10.7. The Hall–Kier alpha value is -1.06. The van der Waals surface area contributed by atoms with Crippen LogP contribution in [0.5, 0.6) is 5.75 Å². The van der Waals surface area contributed by atoms with Crippen LogP contribution in [0.1, 0.15) is 24.8 Å². The van der Waals surface area contributed by atoms with Crippen molar-refractivity contribution in [3.05, 3.63) is 29.8 Å². The van der Waals surface area contributed by atoms with Crippen LogP contribution in [0.25, 0.3) is 0 Å². The van der Waals surface area contributed by atoms with Gasteiger partial charge in [0.2, 0.25) is 0 Å². The Morgan fingerprint density at radius 1 is 1.00 bits per heavy atom. The molecule has 0 unspecified atom stereocenters. The molecule has 0 bridgehead atoms. The molecular formula is C14H23NO2. The average Bonchev–Trinajstić information content (AvgIpc) is 2.35. The van der Waals surface area contributed by atoms with Gasteiger partial charge in [-0.1, -0.05) is 18.2 Å². The quantitative estimate of drug-likeness (QED) is 0.671. The fourth-order valence-corrected chi connectivity index (χ4v) is 1.56. The Labute approximate surface area is 104 Å². The highest BCUT2D eigenvalue weighted by Crippen LogP contribution is 2.15. The Kier molecular flexibility index (Phi) is 7.43. The van der Waals surface area contributed by atoms with Crippen molar-refractivity contribution >= 4 is 0 Å². The van der Waals surface area contributed by atoms with Crippen molar-refractivity contribution in [2.24, 2.45) is 5.73 Å². The van der Waals surface area contributed by atoms with E-state index in [9.17, 15) is 0 Å². The number of ether oxygens (including phenoxy) is 2. The van der Waals surface area contributed by atoms with Gasteiger partial charge in [-0.25, -0.2) is 0 Å². The number of para-hydroxylation sites is 1. The first-order valence-corrected chi connectivity index (χ1v) is 6.31. The largest absolute Gasteiger partial charge is 0.491 e. The van der Waals surface area contributed by atoms with Gasteiger partial charge in [-0.2, -0.15) is 0 Å². The maximum atomic E-state index is 5.62. The van der Waals surface area contributed by atoms with Crippen LogP contribution in [0, 0.1) is 6.92 Å². The summed E-state index contributed by atoms with van der Waals surface area (Å²) in [7, 11) is 0. The molecule has 0 spiro atoms. The molecule has 3 nitrogen and oxygen atoms in total. The molecule has 0 aliphatic heterocycles. The summed E-state index contributed by atoms with van der Waals surface area (Å²) in [6.45, 7) is 4.88. The lowest BCUT2D eigenvalue weighted by molar-refractivity contribution is 0.0970. The van der Waals surface area contributed by atoms with Crippen molar-refractivity contribution in [3.63, 3.8) is 0 Å². The molecule has 0 aromatic heterocycles. The molecule has 17 heavy (non-hydrogen) atoms. The number of nitrogens with two attached hydrogens (primary N) is 1. The van der Waals surface area contributed by atoms with Gasteiger partial charge in [-0.05, 0) is 44.4 Å². The lowest BCUT2D eigenvalue weighted by Crippen LogP contribution is -2.08. The summed E-state index contributed by atoms with van der Waals surface area (Å²) in [5.41, 5.74) is 6.57. The van der Waals surface area contributed by atoms with Gasteiger partial charge in [0, 0.05) is 6.61 Å². The molecule has 1 rings (SSSR count). The van der Waals surface area contributed by atoms with Gasteiger partial charge in [-0.15, -0.1) is 0 Å². The molecule has 0 amide bonds. The first-order chi connectivity index (χ1) is 8.34. The molecule has 0 fully saturated rings. The Bertz CT molecular complexity index is 302. The summed E-state index contributed by atoms with van der Waals surface area (Å²) in [6, 6.07) is 8.02. The average molecular weight is 237 g/mol. The first kappa shape index (κ1) is 14.0. The molecule has 96 valence electrons. The van der Waals surface area contributed by atoms with Gasteiger partial charge >= 0.3 is 0 Å². The highest BCUT2D eigenvalue weighted by Gasteiger charge is 1.97. The van der Waals surface area contributed by atoms with Crippen molar-refractivity contribution in [2.75, 3.05) is 26.4 Å². The van der Waals surface area contributed by atoms with Gasteiger partial charge in [-0.3, -0.25) is 0 Å². The van der Waals surface area contributed by atoms with E-state index in [0.29, 0.717) is 13.2 Å². The molecule has 1 aromatic rings. The highest BCUT2D eigenvalue weighted by molar-refractivity contribution is 5.31. The number of benzene rings is 1. The van der Waals surface area contributed by atoms with Crippen LogP contribution < -0.4 is 10.5 Å². The van der Waals surface area contributed by atoms with Crippen LogP contribution in [0.2, 0.25) is 0 Å². The summed E-state index contributed by atoms with van der Waals surface area (Å²) in [4.78, 5) is 0. The van der Waals surface area contributed by atoms with Crippen molar-refractivity contribution in [3.8, 4) is 5.75 Å². The smallest absolute Gasteiger partial charge is 0.122 e. The topological polar surface area (TPSA) is 44.5 Å². The fourth-order valence-electron chi connectivity index (χ4n) is 1.56. The second-order valence-corrected chi connectivity index (χ2v) is 4.08. The van der Waals surface area contributed by atoms with E-state index in [1.165, 1.54) is 0 Å². The molecule has 0 saturated carbocycles. The van der Waals surface area contributed by atoms with E-state index in [-0.39, 0.29) is 0 Å². The van der Waals surface area contributed by atoms with Gasteiger partial charge in [0.25, 0.3) is 0 Å². The summed E-state index contributed by atoms with van der Waals surface area (Å²) < 4.78 is 11.1. The van der Waals surface area contributed by atoms with Gasteiger partial charge in [0.15, 0.2) is 0 Å². The SMILES string of the molecule is Cc1ccccc1OCCOCCCCCN. The van der Waals surface area contributed by atoms with Crippen LogP contribution >= 0.6 is 0 Å². The van der Waals surface area contributed by atoms with E-state index in [2.05, 4.69) is 0 Å². The highest BCUT2D eigenvalue weighted by atomic mass is 16.5. The molecule has 0 saturated heterocycles. The van der Waals surface area contributed by atoms with Crippen LogP contribution in [0.15, 0.2) is 24.3 Å². The minimum absolute atomic E-state index is 0.613. The monoisotopic (exact) mass is 237 g/mol. The lowest BCUT2D eigenvalue weighted by atomic mass is 10.2. The van der Waals surface area contributed by atoms with E-state index in [1.54, 1.807) is 0 Å². The normalized spacial score (nSPS) is 10.5. The molecule has 0 heterocycles. The van der Waals surface area contributed by atoms with E-state index in [4.69, 9.17) is 15.2 Å². The van der Waals surface area contributed by atoms with E-state index >= 15 is 0 Å². The number of unbranched alkanes of at least 4 members (excludes halogenated alkanes) is 2. The number of aryl methyl sites for hydroxylation is 1. The number of hydrogen-bond donors (Lipinski definition) is 1. The van der Waals surface area contributed by atoms with E-state index in [1.807, 2.05) is 31.2 Å². The molecule has 3 heteroatoms. The van der Waals surface area contributed by atoms with E-state index < -0.39 is 0 Å². The van der Waals surface area contributed by atoms with Crippen LogP contribution in [-0.2, 0) is 4.74 Å². The number of hydrogen-bond acceptors (Lipinski definition) is 3. The van der Waals surface area contributed by atoms with Gasteiger partial charge in [0.1, 0.15) is 12.4 Å². The molecule has 0 aliphatic carbocycles. The van der Waals surface area contributed by atoms with Crippen LogP contribution in [0.4, 0.5) is 0 Å². The minimum Gasteiger partial charge on any atom is -0.491 e. The van der Waals surface area contributed by atoms with Crippen molar-refractivity contribution in [2.45, 2.75) is 26.2 Å². The zero-order valence-electron chi connectivity index (χ0n) is 10.7.